The molecule has 1 atom stereocenters. The highest BCUT2D eigenvalue weighted by atomic mass is 32.1. The third-order valence-corrected chi connectivity index (χ3v) is 3.25. The van der Waals surface area contributed by atoms with Gasteiger partial charge in [-0.2, -0.15) is 0 Å². The lowest BCUT2D eigenvalue weighted by molar-refractivity contribution is 0.0902. The van der Waals surface area contributed by atoms with Gasteiger partial charge in [-0.3, -0.25) is 4.79 Å². The first-order valence-electron chi connectivity index (χ1n) is 4.36. The van der Waals surface area contributed by atoms with Gasteiger partial charge in [0, 0.05) is 0 Å². The van der Waals surface area contributed by atoms with Crippen LogP contribution in [0.15, 0.2) is 11.4 Å². The van der Waals surface area contributed by atoms with Crippen molar-refractivity contribution in [2.24, 2.45) is 5.73 Å². The first kappa shape index (κ1) is 10.4. The third-order valence-electron chi connectivity index (χ3n) is 2.21. The topological polar surface area (TPSA) is 43.1 Å². The predicted octanol–water partition coefficient (Wildman–Crippen LogP) is 2.37. The number of hydrogen-bond donors (Lipinski definition) is 1. The number of aryl methyl sites for hydroxylation is 1. The maximum atomic E-state index is 11.8. The number of nitrogens with two attached hydrogens (primary N) is 1. The van der Waals surface area contributed by atoms with E-state index in [2.05, 4.69) is 0 Å². The summed E-state index contributed by atoms with van der Waals surface area (Å²) < 4.78 is 0. The van der Waals surface area contributed by atoms with Gasteiger partial charge in [-0.25, -0.2) is 0 Å². The highest BCUT2D eigenvalue weighted by Gasteiger charge is 2.27. The van der Waals surface area contributed by atoms with Crippen LogP contribution in [0.2, 0.25) is 0 Å². The molecule has 0 saturated heterocycles. The first-order chi connectivity index (χ1) is 5.97. The Hall–Kier alpha value is -0.670. The molecular weight excluding hydrogens is 182 g/mol. The Morgan fingerprint density at radius 2 is 2.31 bits per heavy atom. The second-order valence-electron chi connectivity index (χ2n) is 3.59. The molecule has 0 saturated carbocycles. The van der Waals surface area contributed by atoms with Gasteiger partial charge in [0.15, 0.2) is 5.78 Å². The normalized spacial score (nSPS) is 15.4. The molecule has 0 aliphatic heterocycles. The van der Waals surface area contributed by atoms with E-state index < -0.39 is 5.54 Å². The molecule has 0 aromatic carbocycles. The summed E-state index contributed by atoms with van der Waals surface area (Å²) in [6, 6.07) is 1.90. The van der Waals surface area contributed by atoms with E-state index in [1.807, 2.05) is 25.3 Å². The third kappa shape index (κ3) is 2.17. The second kappa shape index (κ2) is 3.60. The minimum Gasteiger partial charge on any atom is -0.319 e. The zero-order valence-corrected chi connectivity index (χ0v) is 9.07. The van der Waals surface area contributed by atoms with Gasteiger partial charge in [-0.1, -0.05) is 6.92 Å². The molecular formula is C10H15NOS. The monoisotopic (exact) mass is 197 g/mol. The molecule has 72 valence electrons. The van der Waals surface area contributed by atoms with Crippen molar-refractivity contribution < 1.29 is 4.79 Å². The van der Waals surface area contributed by atoms with Crippen molar-refractivity contribution in [2.45, 2.75) is 32.7 Å². The molecule has 0 aliphatic rings. The molecule has 13 heavy (non-hydrogen) atoms. The molecule has 1 unspecified atom stereocenters. The van der Waals surface area contributed by atoms with Crippen molar-refractivity contribution in [1.29, 1.82) is 0 Å². The molecule has 1 heterocycles. The van der Waals surface area contributed by atoms with Gasteiger partial charge < -0.3 is 5.73 Å². The second-order valence-corrected chi connectivity index (χ2v) is 4.50. The average molecular weight is 197 g/mol. The van der Waals surface area contributed by atoms with E-state index >= 15 is 0 Å². The Balaban J connectivity index is 2.91. The van der Waals surface area contributed by atoms with Crippen molar-refractivity contribution in [3.63, 3.8) is 0 Å². The quantitative estimate of drug-likeness (QED) is 0.756. The summed E-state index contributed by atoms with van der Waals surface area (Å²) in [6.45, 7) is 5.69. The lowest BCUT2D eigenvalue weighted by Gasteiger charge is -2.19. The van der Waals surface area contributed by atoms with Crippen molar-refractivity contribution in [1.82, 2.24) is 0 Å². The van der Waals surface area contributed by atoms with E-state index in [1.54, 1.807) is 6.92 Å². The van der Waals surface area contributed by atoms with Gasteiger partial charge in [0.2, 0.25) is 0 Å². The molecule has 0 fully saturated rings. The Bertz CT molecular complexity index is 314. The molecule has 0 bridgehead atoms. The van der Waals surface area contributed by atoms with Crippen molar-refractivity contribution in [3.05, 3.63) is 21.9 Å². The van der Waals surface area contributed by atoms with Crippen molar-refractivity contribution >= 4 is 17.1 Å². The molecule has 2 nitrogen and oxygen atoms in total. The Kier molecular flexibility index (Phi) is 2.88. The molecule has 3 heteroatoms. The van der Waals surface area contributed by atoms with Crippen LogP contribution < -0.4 is 5.73 Å². The largest absolute Gasteiger partial charge is 0.319 e. The number of rotatable bonds is 3. The van der Waals surface area contributed by atoms with Gasteiger partial charge >= 0.3 is 0 Å². The first-order valence-corrected chi connectivity index (χ1v) is 5.24. The molecule has 1 aromatic rings. The Morgan fingerprint density at radius 1 is 1.69 bits per heavy atom. The smallest absolute Gasteiger partial charge is 0.192 e. The van der Waals surface area contributed by atoms with E-state index in [4.69, 9.17) is 5.73 Å². The summed E-state index contributed by atoms with van der Waals surface area (Å²) in [5, 5.41) is 1.97. The van der Waals surface area contributed by atoms with E-state index in [1.165, 1.54) is 11.3 Å². The van der Waals surface area contributed by atoms with Crippen LogP contribution in [0.4, 0.5) is 0 Å². The highest BCUT2D eigenvalue weighted by molar-refractivity contribution is 7.12. The van der Waals surface area contributed by atoms with E-state index in [9.17, 15) is 4.79 Å². The number of thiophene rings is 1. The fraction of sp³-hybridized carbons (Fsp3) is 0.500. The van der Waals surface area contributed by atoms with Gasteiger partial charge in [0.25, 0.3) is 0 Å². The van der Waals surface area contributed by atoms with Crippen molar-refractivity contribution in [3.8, 4) is 0 Å². The maximum Gasteiger partial charge on any atom is 0.192 e. The van der Waals surface area contributed by atoms with Crippen molar-refractivity contribution in [2.75, 3.05) is 0 Å². The lowest BCUT2D eigenvalue weighted by atomic mass is 9.93. The zero-order chi connectivity index (χ0) is 10.1. The standard InChI is InChI=1S/C10H15NOS/c1-4-10(3,11)9(12)8-5-7(2)6-13-8/h5-6H,4,11H2,1-3H3. The zero-order valence-electron chi connectivity index (χ0n) is 8.26. The van der Waals surface area contributed by atoms with E-state index in [0.717, 1.165) is 10.4 Å². The van der Waals surface area contributed by atoms with E-state index in [0.29, 0.717) is 6.42 Å². The number of hydrogen-bond acceptors (Lipinski definition) is 3. The van der Waals surface area contributed by atoms with Crippen LogP contribution in [-0.4, -0.2) is 11.3 Å². The predicted molar refractivity (Wildman–Crippen MR) is 56.3 cm³/mol. The summed E-state index contributed by atoms with van der Waals surface area (Å²) >= 11 is 1.47. The van der Waals surface area contributed by atoms with Gasteiger partial charge in [-0.05, 0) is 37.3 Å². The maximum absolute atomic E-state index is 11.8. The molecule has 0 aliphatic carbocycles. The minimum atomic E-state index is -0.711. The fourth-order valence-corrected chi connectivity index (χ4v) is 1.97. The van der Waals surface area contributed by atoms with Gasteiger partial charge in [-0.15, -0.1) is 11.3 Å². The summed E-state index contributed by atoms with van der Waals surface area (Å²) in [5.41, 5.74) is 6.27. The average Bonchev–Trinajstić information content (AvgIpc) is 2.50. The van der Waals surface area contributed by atoms with Gasteiger partial charge in [0.05, 0.1) is 10.4 Å². The Morgan fingerprint density at radius 3 is 2.69 bits per heavy atom. The number of ketones is 1. The molecule has 2 N–H and O–H groups in total. The van der Waals surface area contributed by atoms with Crippen LogP contribution in [0.5, 0.6) is 0 Å². The number of Topliss-reactive ketones (excluding diaryl/α,β-unsaturated/α-hetero) is 1. The van der Waals surface area contributed by atoms with E-state index in [-0.39, 0.29) is 5.78 Å². The highest BCUT2D eigenvalue weighted by Crippen LogP contribution is 2.20. The molecule has 0 radical (unpaired) electrons. The summed E-state index contributed by atoms with van der Waals surface area (Å²) in [7, 11) is 0. The molecule has 1 aromatic heterocycles. The number of carbonyl (C=O) groups excluding carboxylic acids is 1. The minimum absolute atomic E-state index is 0.0492. The Labute approximate surface area is 82.8 Å². The van der Waals surface area contributed by atoms with Crippen LogP contribution in [0.25, 0.3) is 0 Å². The molecule has 0 amide bonds. The van der Waals surface area contributed by atoms with Crippen LogP contribution in [0.3, 0.4) is 0 Å². The van der Waals surface area contributed by atoms with Crippen LogP contribution in [-0.2, 0) is 0 Å². The van der Waals surface area contributed by atoms with Gasteiger partial charge in [0.1, 0.15) is 0 Å². The lowest BCUT2D eigenvalue weighted by Crippen LogP contribution is -2.43. The molecule has 0 spiro atoms. The summed E-state index contributed by atoms with van der Waals surface area (Å²) in [6.07, 6.45) is 0.669. The summed E-state index contributed by atoms with van der Waals surface area (Å²) in [5.74, 6) is 0.0492. The van der Waals surface area contributed by atoms with Crippen LogP contribution in [0, 0.1) is 6.92 Å². The fourth-order valence-electron chi connectivity index (χ4n) is 0.992. The summed E-state index contributed by atoms with van der Waals surface area (Å²) in [4.78, 5) is 12.6. The van der Waals surface area contributed by atoms with Crippen LogP contribution in [0.1, 0.15) is 35.5 Å². The molecule has 1 rings (SSSR count). The van der Waals surface area contributed by atoms with Crippen LogP contribution >= 0.6 is 11.3 Å². The number of carbonyl (C=O) groups is 1. The SMILES string of the molecule is CCC(C)(N)C(=O)c1cc(C)cs1.